The zero-order valence-corrected chi connectivity index (χ0v) is 10.3. The van der Waals surface area contributed by atoms with E-state index < -0.39 is 0 Å². The number of aromatic nitrogens is 2. The zero-order valence-electron chi connectivity index (χ0n) is 8.76. The van der Waals surface area contributed by atoms with Gasteiger partial charge in [0.2, 0.25) is 0 Å². The van der Waals surface area contributed by atoms with E-state index in [1.807, 2.05) is 11.7 Å². The summed E-state index contributed by atoms with van der Waals surface area (Å²) in [5, 5.41) is 5.37. The number of rotatable bonds is 2. The molecule has 1 aromatic heterocycles. The number of alkyl halides is 1. The molecule has 0 bridgehead atoms. The number of anilines is 1. The minimum atomic E-state index is 0.901. The van der Waals surface area contributed by atoms with Crippen LogP contribution in [0.25, 0.3) is 0 Å². The molecule has 0 atom stereocenters. The molecule has 0 unspecified atom stereocenters. The topological polar surface area (TPSA) is 21.1 Å². The van der Waals surface area contributed by atoms with Gasteiger partial charge in [-0.15, -0.1) is 0 Å². The molecule has 1 aliphatic rings. The Morgan fingerprint density at radius 2 is 2.00 bits per heavy atom. The van der Waals surface area contributed by atoms with Gasteiger partial charge < -0.3 is 4.90 Å². The predicted molar refractivity (Wildman–Crippen MR) is 62.0 cm³/mol. The van der Waals surface area contributed by atoms with Crippen LogP contribution in [-0.2, 0) is 12.4 Å². The molecule has 0 radical (unpaired) electrons. The van der Waals surface area contributed by atoms with Crippen molar-refractivity contribution in [2.24, 2.45) is 7.05 Å². The molecule has 4 heteroatoms. The molecule has 1 fully saturated rings. The Balaban J connectivity index is 2.38. The molecule has 0 saturated carbocycles. The quantitative estimate of drug-likeness (QED) is 0.758. The molecule has 0 aromatic carbocycles. The molecule has 2 rings (SSSR count). The normalized spacial score (nSPS) is 16.6. The van der Waals surface area contributed by atoms with Gasteiger partial charge in [-0.25, -0.2) is 0 Å². The lowest BCUT2D eigenvalue weighted by Gasteiger charge is -2.18. The molecular formula is C10H16BrN3. The molecule has 0 spiro atoms. The van der Waals surface area contributed by atoms with Crippen molar-refractivity contribution >= 4 is 21.7 Å². The second kappa shape index (κ2) is 3.93. The van der Waals surface area contributed by atoms with E-state index >= 15 is 0 Å². The standard InChI is InChI=1S/C10H16BrN3/c1-8-9(7-11)10(13(2)12-8)14-5-3-4-6-14/h3-7H2,1-2H3. The lowest BCUT2D eigenvalue weighted by Crippen LogP contribution is -2.21. The van der Waals surface area contributed by atoms with Crippen molar-refractivity contribution in [2.75, 3.05) is 18.0 Å². The summed E-state index contributed by atoms with van der Waals surface area (Å²) < 4.78 is 2.01. The van der Waals surface area contributed by atoms with Crippen LogP contribution in [0.15, 0.2) is 0 Å². The molecule has 2 heterocycles. The molecule has 1 aliphatic heterocycles. The summed E-state index contributed by atoms with van der Waals surface area (Å²) in [6.45, 7) is 4.44. The van der Waals surface area contributed by atoms with Crippen LogP contribution >= 0.6 is 15.9 Å². The maximum Gasteiger partial charge on any atom is 0.130 e. The summed E-state index contributed by atoms with van der Waals surface area (Å²) in [4.78, 5) is 2.44. The Bertz CT molecular complexity index is 326. The van der Waals surface area contributed by atoms with Gasteiger partial charge in [0.05, 0.1) is 5.69 Å². The van der Waals surface area contributed by atoms with E-state index in [1.165, 1.54) is 37.3 Å². The molecule has 0 aliphatic carbocycles. The second-order valence-electron chi connectivity index (χ2n) is 3.84. The van der Waals surface area contributed by atoms with E-state index in [1.54, 1.807) is 0 Å². The minimum absolute atomic E-state index is 0.901. The van der Waals surface area contributed by atoms with E-state index in [0.717, 1.165) is 11.0 Å². The van der Waals surface area contributed by atoms with Crippen LogP contribution in [0.4, 0.5) is 5.82 Å². The van der Waals surface area contributed by atoms with Gasteiger partial charge in [0.25, 0.3) is 0 Å². The van der Waals surface area contributed by atoms with Gasteiger partial charge in [0.15, 0.2) is 0 Å². The minimum Gasteiger partial charge on any atom is -0.357 e. The van der Waals surface area contributed by atoms with Crippen molar-refractivity contribution in [3.8, 4) is 0 Å². The highest BCUT2D eigenvalue weighted by Crippen LogP contribution is 2.27. The van der Waals surface area contributed by atoms with Crippen molar-refractivity contribution in [3.05, 3.63) is 11.3 Å². The van der Waals surface area contributed by atoms with Crippen LogP contribution in [0.1, 0.15) is 24.1 Å². The second-order valence-corrected chi connectivity index (χ2v) is 4.40. The van der Waals surface area contributed by atoms with Crippen LogP contribution in [0.3, 0.4) is 0 Å². The Morgan fingerprint density at radius 1 is 1.36 bits per heavy atom. The number of hydrogen-bond acceptors (Lipinski definition) is 2. The first-order valence-electron chi connectivity index (χ1n) is 5.07. The predicted octanol–water partition coefficient (Wildman–Crippen LogP) is 2.22. The van der Waals surface area contributed by atoms with Crippen LogP contribution in [0, 0.1) is 6.92 Å². The Kier molecular flexibility index (Phi) is 2.81. The Labute approximate surface area is 93.2 Å². The maximum atomic E-state index is 4.47. The van der Waals surface area contributed by atoms with Gasteiger partial charge in [-0.05, 0) is 19.8 Å². The number of hydrogen-bond donors (Lipinski definition) is 0. The number of halogens is 1. The highest BCUT2D eigenvalue weighted by atomic mass is 79.9. The first-order chi connectivity index (χ1) is 6.74. The first-order valence-corrected chi connectivity index (χ1v) is 6.19. The molecule has 0 N–H and O–H groups in total. The number of nitrogens with zero attached hydrogens (tertiary/aromatic N) is 3. The fraction of sp³-hybridized carbons (Fsp3) is 0.700. The monoisotopic (exact) mass is 257 g/mol. The van der Waals surface area contributed by atoms with E-state index in [-0.39, 0.29) is 0 Å². The van der Waals surface area contributed by atoms with Crippen LogP contribution < -0.4 is 4.90 Å². The van der Waals surface area contributed by atoms with Crippen molar-refractivity contribution in [3.63, 3.8) is 0 Å². The first kappa shape index (κ1) is 10.0. The smallest absolute Gasteiger partial charge is 0.130 e. The largest absolute Gasteiger partial charge is 0.357 e. The summed E-state index contributed by atoms with van der Waals surface area (Å²) in [6, 6.07) is 0. The van der Waals surface area contributed by atoms with Gasteiger partial charge in [-0.2, -0.15) is 5.10 Å². The molecule has 3 nitrogen and oxygen atoms in total. The fourth-order valence-electron chi connectivity index (χ4n) is 2.17. The van der Waals surface area contributed by atoms with E-state index in [0.29, 0.717) is 0 Å². The van der Waals surface area contributed by atoms with Crippen LogP contribution in [0.5, 0.6) is 0 Å². The van der Waals surface area contributed by atoms with Crippen molar-refractivity contribution in [1.82, 2.24) is 9.78 Å². The van der Waals surface area contributed by atoms with Crippen molar-refractivity contribution < 1.29 is 0 Å². The van der Waals surface area contributed by atoms with E-state index in [2.05, 4.69) is 32.9 Å². The lowest BCUT2D eigenvalue weighted by molar-refractivity contribution is 0.731. The third-order valence-corrected chi connectivity index (χ3v) is 3.41. The maximum absolute atomic E-state index is 4.47. The average molecular weight is 258 g/mol. The molecular weight excluding hydrogens is 242 g/mol. The van der Waals surface area contributed by atoms with Gasteiger partial charge in [-0.1, -0.05) is 15.9 Å². The highest BCUT2D eigenvalue weighted by Gasteiger charge is 2.20. The Morgan fingerprint density at radius 3 is 2.57 bits per heavy atom. The molecule has 1 aromatic rings. The van der Waals surface area contributed by atoms with E-state index in [4.69, 9.17) is 0 Å². The summed E-state index contributed by atoms with van der Waals surface area (Å²) in [7, 11) is 2.03. The zero-order chi connectivity index (χ0) is 10.1. The fourth-order valence-corrected chi connectivity index (χ4v) is 2.83. The van der Waals surface area contributed by atoms with Crippen molar-refractivity contribution in [1.29, 1.82) is 0 Å². The molecule has 78 valence electrons. The lowest BCUT2D eigenvalue weighted by atomic mass is 10.2. The van der Waals surface area contributed by atoms with Gasteiger partial charge in [0, 0.05) is 31.0 Å². The van der Waals surface area contributed by atoms with Gasteiger partial charge in [-0.3, -0.25) is 4.68 Å². The van der Waals surface area contributed by atoms with Gasteiger partial charge >= 0.3 is 0 Å². The summed E-state index contributed by atoms with van der Waals surface area (Å²) in [5.74, 6) is 1.30. The van der Waals surface area contributed by atoms with Gasteiger partial charge in [0.1, 0.15) is 5.82 Å². The SMILES string of the molecule is Cc1nn(C)c(N2CCCC2)c1CBr. The molecule has 0 amide bonds. The Hall–Kier alpha value is -0.510. The average Bonchev–Trinajstić information content (AvgIpc) is 2.72. The van der Waals surface area contributed by atoms with Crippen molar-refractivity contribution in [2.45, 2.75) is 25.1 Å². The highest BCUT2D eigenvalue weighted by molar-refractivity contribution is 9.08. The molecule has 14 heavy (non-hydrogen) atoms. The third-order valence-electron chi connectivity index (χ3n) is 2.85. The third kappa shape index (κ3) is 1.56. The van der Waals surface area contributed by atoms with Crippen LogP contribution in [-0.4, -0.2) is 22.9 Å². The molecule has 1 saturated heterocycles. The summed E-state index contributed by atoms with van der Waals surface area (Å²) >= 11 is 3.54. The van der Waals surface area contributed by atoms with Crippen LogP contribution in [0.2, 0.25) is 0 Å². The number of aryl methyl sites for hydroxylation is 2. The summed E-state index contributed by atoms with van der Waals surface area (Å²) in [6.07, 6.45) is 2.62. The summed E-state index contributed by atoms with van der Waals surface area (Å²) in [5.41, 5.74) is 2.49. The van der Waals surface area contributed by atoms with E-state index in [9.17, 15) is 0 Å².